The Hall–Kier alpha value is -0.650. The molecule has 90 valence electrons. The third-order valence-corrected chi connectivity index (χ3v) is 1.66. The monoisotopic (exact) mass is 218 g/mol. The van der Waals surface area contributed by atoms with Gasteiger partial charge in [-0.25, -0.2) is 5.48 Å². The van der Waals surface area contributed by atoms with Gasteiger partial charge in [-0.3, -0.25) is 9.63 Å². The van der Waals surface area contributed by atoms with Crippen LogP contribution in [-0.4, -0.2) is 31.3 Å². The Bertz CT molecular complexity index is 190. The van der Waals surface area contributed by atoms with Crippen molar-refractivity contribution in [3.05, 3.63) is 0 Å². The number of nitrogens with one attached hydrogen (secondary N) is 1. The highest BCUT2D eigenvalue weighted by atomic mass is 16.7. The van der Waals surface area contributed by atoms with Crippen LogP contribution in [0.25, 0.3) is 0 Å². The van der Waals surface area contributed by atoms with E-state index in [9.17, 15) is 4.79 Å². The Kier molecular flexibility index (Phi) is 6.47. The normalized spacial score (nSPS) is 13.7. The first kappa shape index (κ1) is 14.3. The van der Waals surface area contributed by atoms with E-state index in [-0.39, 0.29) is 5.91 Å². The van der Waals surface area contributed by atoms with Crippen LogP contribution in [0.3, 0.4) is 0 Å². The summed E-state index contributed by atoms with van der Waals surface area (Å²) in [6, 6.07) is -0.539. The molecule has 5 nitrogen and oxygen atoms in total. The number of methoxy groups -OCH3 is 1. The summed E-state index contributed by atoms with van der Waals surface area (Å²) in [5.74, 6) is -0.291. The molecule has 5 heteroatoms. The molecule has 1 unspecified atom stereocenters. The van der Waals surface area contributed by atoms with Gasteiger partial charge in [0.25, 0.3) is 5.91 Å². The largest absolute Gasteiger partial charge is 0.385 e. The topological polar surface area (TPSA) is 73.6 Å². The van der Waals surface area contributed by atoms with E-state index >= 15 is 0 Å². The Balaban J connectivity index is 3.70. The zero-order valence-corrected chi connectivity index (χ0v) is 10.0. The molecular weight excluding hydrogens is 196 g/mol. The first-order valence-corrected chi connectivity index (χ1v) is 5.09. The van der Waals surface area contributed by atoms with E-state index in [4.69, 9.17) is 15.3 Å². The fourth-order valence-electron chi connectivity index (χ4n) is 0.858. The lowest BCUT2D eigenvalue weighted by Crippen LogP contribution is -2.43. The number of hydrogen-bond donors (Lipinski definition) is 2. The average Bonchev–Trinajstić information content (AvgIpc) is 2.13. The van der Waals surface area contributed by atoms with Gasteiger partial charge < -0.3 is 10.5 Å². The quantitative estimate of drug-likeness (QED) is 0.505. The number of carbonyl (C=O) groups is 1. The van der Waals surface area contributed by atoms with E-state index in [2.05, 4.69) is 5.48 Å². The van der Waals surface area contributed by atoms with Crippen molar-refractivity contribution in [2.45, 2.75) is 45.3 Å². The van der Waals surface area contributed by atoms with Crippen LogP contribution < -0.4 is 11.2 Å². The van der Waals surface area contributed by atoms with Crippen molar-refractivity contribution >= 4 is 5.91 Å². The summed E-state index contributed by atoms with van der Waals surface area (Å²) in [6.07, 6.45) is 1.35. The van der Waals surface area contributed by atoms with Crippen LogP contribution in [0.5, 0.6) is 0 Å². The standard InChI is InChI=1S/C10H22N2O3/c1-10(2,3)15-12-9(13)8(11)6-5-7-14-4/h8H,5-7,11H2,1-4H3,(H,12,13). The molecule has 0 aliphatic carbocycles. The third kappa shape index (κ3) is 8.35. The van der Waals surface area contributed by atoms with Gasteiger partial charge in [0.2, 0.25) is 0 Å². The molecule has 0 radical (unpaired) electrons. The molecule has 0 aromatic heterocycles. The Labute approximate surface area is 91.3 Å². The van der Waals surface area contributed by atoms with Crippen molar-refractivity contribution in [1.82, 2.24) is 5.48 Å². The molecule has 0 rings (SSSR count). The zero-order chi connectivity index (χ0) is 11.9. The van der Waals surface area contributed by atoms with Crippen molar-refractivity contribution in [1.29, 1.82) is 0 Å². The first-order valence-electron chi connectivity index (χ1n) is 5.09. The van der Waals surface area contributed by atoms with Crippen LogP contribution in [0.2, 0.25) is 0 Å². The smallest absolute Gasteiger partial charge is 0.260 e. The molecule has 1 atom stereocenters. The summed E-state index contributed by atoms with van der Waals surface area (Å²) in [5.41, 5.74) is 7.58. The predicted octanol–water partition coefficient (Wildman–Crippen LogP) is 0.587. The Morgan fingerprint density at radius 1 is 1.47 bits per heavy atom. The van der Waals surface area contributed by atoms with Gasteiger partial charge in [0, 0.05) is 13.7 Å². The maximum absolute atomic E-state index is 11.4. The first-order chi connectivity index (χ1) is 6.87. The fraction of sp³-hybridized carbons (Fsp3) is 0.900. The van der Waals surface area contributed by atoms with Gasteiger partial charge >= 0.3 is 0 Å². The molecule has 0 heterocycles. The van der Waals surface area contributed by atoms with Crippen molar-refractivity contribution < 1.29 is 14.4 Å². The molecule has 0 aliphatic rings. The van der Waals surface area contributed by atoms with Crippen LogP contribution in [-0.2, 0) is 14.4 Å². The number of amides is 1. The SMILES string of the molecule is COCCCC(N)C(=O)NOC(C)(C)C. The van der Waals surface area contributed by atoms with Crippen LogP contribution >= 0.6 is 0 Å². The number of ether oxygens (including phenoxy) is 1. The summed E-state index contributed by atoms with van der Waals surface area (Å²) in [7, 11) is 1.62. The summed E-state index contributed by atoms with van der Waals surface area (Å²) < 4.78 is 4.87. The third-order valence-electron chi connectivity index (χ3n) is 1.66. The number of carbonyl (C=O) groups excluding carboxylic acids is 1. The molecule has 0 aromatic carbocycles. The van der Waals surface area contributed by atoms with Gasteiger partial charge in [-0.05, 0) is 33.6 Å². The van der Waals surface area contributed by atoms with Gasteiger partial charge in [0.05, 0.1) is 11.6 Å². The van der Waals surface area contributed by atoms with E-state index < -0.39 is 11.6 Å². The molecule has 0 saturated heterocycles. The van der Waals surface area contributed by atoms with E-state index in [0.29, 0.717) is 13.0 Å². The maximum atomic E-state index is 11.4. The molecule has 0 spiro atoms. The number of hydroxylamine groups is 1. The van der Waals surface area contributed by atoms with E-state index in [0.717, 1.165) is 6.42 Å². The van der Waals surface area contributed by atoms with Crippen LogP contribution in [0, 0.1) is 0 Å². The highest BCUT2D eigenvalue weighted by Crippen LogP contribution is 2.04. The van der Waals surface area contributed by atoms with Gasteiger partial charge in [-0.15, -0.1) is 0 Å². The minimum Gasteiger partial charge on any atom is -0.385 e. The summed E-state index contributed by atoms with van der Waals surface area (Å²) >= 11 is 0. The van der Waals surface area contributed by atoms with E-state index in [1.807, 2.05) is 20.8 Å². The molecule has 1 amide bonds. The highest BCUT2D eigenvalue weighted by Gasteiger charge is 2.17. The second-order valence-electron chi connectivity index (χ2n) is 4.42. The summed E-state index contributed by atoms with van der Waals surface area (Å²) in [4.78, 5) is 16.5. The number of rotatable bonds is 6. The molecule has 0 saturated carbocycles. The molecule has 0 aliphatic heterocycles. The van der Waals surface area contributed by atoms with Gasteiger partial charge in [0.1, 0.15) is 0 Å². The Morgan fingerprint density at radius 3 is 2.53 bits per heavy atom. The summed E-state index contributed by atoms with van der Waals surface area (Å²) in [5, 5.41) is 0. The molecule has 0 bridgehead atoms. The minimum absolute atomic E-state index is 0.291. The van der Waals surface area contributed by atoms with Crippen LogP contribution in [0.15, 0.2) is 0 Å². The minimum atomic E-state index is -0.539. The van der Waals surface area contributed by atoms with Crippen LogP contribution in [0.4, 0.5) is 0 Å². The second kappa shape index (κ2) is 6.76. The van der Waals surface area contributed by atoms with Gasteiger partial charge in [-0.1, -0.05) is 0 Å². The molecular formula is C10H22N2O3. The lowest BCUT2D eigenvalue weighted by atomic mass is 10.1. The summed E-state index contributed by atoms with van der Waals surface area (Å²) in [6.45, 7) is 6.16. The molecule has 15 heavy (non-hydrogen) atoms. The fourth-order valence-corrected chi connectivity index (χ4v) is 0.858. The molecule has 0 aromatic rings. The average molecular weight is 218 g/mol. The lowest BCUT2D eigenvalue weighted by molar-refractivity contribution is -0.147. The van der Waals surface area contributed by atoms with Gasteiger partial charge in [-0.2, -0.15) is 0 Å². The van der Waals surface area contributed by atoms with Gasteiger partial charge in [0.15, 0.2) is 0 Å². The van der Waals surface area contributed by atoms with E-state index in [1.165, 1.54) is 0 Å². The Morgan fingerprint density at radius 2 is 2.07 bits per heavy atom. The maximum Gasteiger partial charge on any atom is 0.260 e. The number of hydrogen-bond acceptors (Lipinski definition) is 4. The second-order valence-corrected chi connectivity index (χ2v) is 4.42. The van der Waals surface area contributed by atoms with Crippen molar-refractivity contribution in [3.63, 3.8) is 0 Å². The molecule has 0 fully saturated rings. The lowest BCUT2D eigenvalue weighted by Gasteiger charge is -2.20. The zero-order valence-electron chi connectivity index (χ0n) is 10.0. The van der Waals surface area contributed by atoms with Crippen molar-refractivity contribution in [2.24, 2.45) is 5.73 Å². The van der Waals surface area contributed by atoms with Crippen LogP contribution in [0.1, 0.15) is 33.6 Å². The van der Waals surface area contributed by atoms with Crippen molar-refractivity contribution in [2.75, 3.05) is 13.7 Å². The predicted molar refractivity (Wildman–Crippen MR) is 58.1 cm³/mol. The van der Waals surface area contributed by atoms with Crippen molar-refractivity contribution in [3.8, 4) is 0 Å². The number of nitrogens with two attached hydrogens (primary N) is 1. The highest BCUT2D eigenvalue weighted by molar-refractivity contribution is 5.80. The molecule has 3 N–H and O–H groups in total. The van der Waals surface area contributed by atoms with E-state index in [1.54, 1.807) is 7.11 Å².